The maximum atomic E-state index is 6.07. The van der Waals surface area contributed by atoms with Crippen LogP contribution in [0.4, 0.5) is 17.6 Å². The van der Waals surface area contributed by atoms with Crippen LogP contribution in [0.1, 0.15) is 56.9 Å². The second kappa shape index (κ2) is 12.6. The van der Waals surface area contributed by atoms with Crippen molar-refractivity contribution in [3.05, 3.63) is 60.0 Å². The van der Waals surface area contributed by atoms with E-state index in [0.29, 0.717) is 42.5 Å². The Balaban J connectivity index is 1.27. The van der Waals surface area contributed by atoms with Crippen LogP contribution in [0.3, 0.4) is 0 Å². The molecule has 200 valence electrons. The van der Waals surface area contributed by atoms with E-state index in [2.05, 4.69) is 54.7 Å². The maximum Gasteiger partial charge on any atom is 0.228 e. The maximum absolute atomic E-state index is 6.07. The minimum atomic E-state index is 0.376. The topological polar surface area (TPSA) is 117 Å². The van der Waals surface area contributed by atoms with Crippen LogP contribution in [-0.4, -0.2) is 56.5 Å². The number of hydrogen-bond acceptors (Lipinski definition) is 9. The number of aromatic nitrogens is 5. The summed E-state index contributed by atoms with van der Waals surface area (Å²) in [5.74, 6) is 3.38. The number of anilines is 3. The smallest absolute Gasteiger partial charge is 0.228 e. The first-order chi connectivity index (χ1) is 18.7. The average molecular weight is 517 g/mol. The Morgan fingerprint density at radius 1 is 1.08 bits per heavy atom. The Hall–Kier alpha value is -3.92. The third kappa shape index (κ3) is 6.89. The Morgan fingerprint density at radius 2 is 1.92 bits per heavy atom. The predicted octanol–water partition coefficient (Wildman–Crippen LogP) is 5.59. The highest BCUT2D eigenvalue weighted by Crippen LogP contribution is 2.24. The molecule has 0 spiro atoms. The average Bonchev–Trinajstić information content (AvgIpc) is 3.63. The van der Waals surface area contributed by atoms with Crippen LogP contribution in [0.5, 0.6) is 5.88 Å². The van der Waals surface area contributed by atoms with Crippen LogP contribution in [0.15, 0.2) is 53.1 Å². The van der Waals surface area contributed by atoms with Crippen molar-refractivity contribution < 1.29 is 9.26 Å². The molecule has 10 nitrogen and oxygen atoms in total. The fraction of sp³-hybridized carbons (Fsp3) is 0.429. The molecule has 5 rings (SSSR count). The lowest BCUT2D eigenvalue weighted by Gasteiger charge is -2.26. The van der Waals surface area contributed by atoms with Crippen LogP contribution in [0.2, 0.25) is 0 Å². The Labute approximate surface area is 223 Å². The number of rotatable bonds is 12. The molecule has 3 aromatic heterocycles. The standard InChI is InChI=1S/C28H36N8O2/c1-3-20(2)23-17-26(34-33-23)30-25-18-27(37-15-14-36-12-8-5-9-13-36)32-28(31-25)29-19-22-16-24(35-38-22)21-10-6-4-7-11-21/h4,6-7,10-11,16-18,20H,3,5,8-9,12-15,19H2,1-2H3,(H3,29,30,31,32,33,34). The van der Waals surface area contributed by atoms with Crippen molar-refractivity contribution in [2.75, 3.05) is 36.9 Å². The van der Waals surface area contributed by atoms with Crippen molar-refractivity contribution in [2.45, 2.75) is 52.0 Å². The van der Waals surface area contributed by atoms with Gasteiger partial charge in [0.2, 0.25) is 11.8 Å². The molecular weight excluding hydrogens is 480 g/mol. The molecule has 1 unspecified atom stereocenters. The number of piperidine rings is 1. The molecule has 0 bridgehead atoms. The Bertz CT molecular complexity index is 1280. The summed E-state index contributed by atoms with van der Waals surface area (Å²) in [6.07, 6.45) is 4.85. The molecule has 3 N–H and O–H groups in total. The first-order valence-corrected chi connectivity index (χ1v) is 13.5. The van der Waals surface area contributed by atoms with Crippen molar-refractivity contribution in [3.8, 4) is 17.1 Å². The largest absolute Gasteiger partial charge is 0.476 e. The summed E-state index contributed by atoms with van der Waals surface area (Å²) in [5, 5.41) is 18.2. The van der Waals surface area contributed by atoms with E-state index >= 15 is 0 Å². The number of nitrogens with zero attached hydrogens (tertiary/aromatic N) is 5. The van der Waals surface area contributed by atoms with E-state index in [1.54, 1.807) is 0 Å². The molecule has 4 heterocycles. The lowest BCUT2D eigenvalue weighted by atomic mass is 10.1. The second-order valence-electron chi connectivity index (χ2n) is 9.70. The molecule has 1 aliphatic heterocycles. The second-order valence-corrected chi connectivity index (χ2v) is 9.70. The molecule has 4 aromatic rings. The third-order valence-corrected chi connectivity index (χ3v) is 6.84. The van der Waals surface area contributed by atoms with Gasteiger partial charge in [-0.3, -0.25) is 10.00 Å². The van der Waals surface area contributed by atoms with E-state index in [1.165, 1.54) is 19.3 Å². The number of benzene rings is 1. The summed E-state index contributed by atoms with van der Waals surface area (Å²) in [6.45, 7) is 8.42. The highest BCUT2D eigenvalue weighted by atomic mass is 16.5. The summed E-state index contributed by atoms with van der Waals surface area (Å²) in [4.78, 5) is 11.7. The molecule has 1 aliphatic rings. The zero-order valence-corrected chi connectivity index (χ0v) is 22.1. The highest BCUT2D eigenvalue weighted by molar-refractivity contribution is 5.59. The van der Waals surface area contributed by atoms with E-state index in [0.717, 1.165) is 48.8 Å². The molecule has 38 heavy (non-hydrogen) atoms. The van der Waals surface area contributed by atoms with Gasteiger partial charge in [-0.1, -0.05) is 55.8 Å². The van der Waals surface area contributed by atoms with Crippen LogP contribution in [-0.2, 0) is 6.54 Å². The van der Waals surface area contributed by atoms with E-state index in [1.807, 2.05) is 48.5 Å². The molecule has 0 radical (unpaired) electrons. The van der Waals surface area contributed by atoms with Gasteiger partial charge in [-0.05, 0) is 32.4 Å². The first-order valence-electron chi connectivity index (χ1n) is 13.5. The van der Waals surface area contributed by atoms with Gasteiger partial charge in [-0.25, -0.2) is 0 Å². The normalized spacial score (nSPS) is 14.8. The van der Waals surface area contributed by atoms with E-state index in [9.17, 15) is 0 Å². The molecule has 0 amide bonds. The van der Waals surface area contributed by atoms with Crippen LogP contribution < -0.4 is 15.4 Å². The van der Waals surface area contributed by atoms with Gasteiger partial charge in [0.05, 0.1) is 12.2 Å². The monoisotopic (exact) mass is 516 g/mol. The fourth-order valence-electron chi connectivity index (χ4n) is 4.41. The molecule has 1 aromatic carbocycles. The molecule has 1 saturated heterocycles. The molecule has 1 atom stereocenters. The summed E-state index contributed by atoms with van der Waals surface area (Å²) in [6, 6.07) is 15.7. The molecular formula is C28H36N8O2. The highest BCUT2D eigenvalue weighted by Gasteiger charge is 2.13. The summed E-state index contributed by atoms with van der Waals surface area (Å²) in [7, 11) is 0. The van der Waals surface area contributed by atoms with Crippen LogP contribution in [0, 0.1) is 0 Å². The number of likely N-dealkylation sites (tertiary alicyclic amines) is 1. The van der Waals surface area contributed by atoms with Gasteiger partial charge < -0.3 is 19.9 Å². The van der Waals surface area contributed by atoms with Crippen molar-refractivity contribution in [2.24, 2.45) is 0 Å². The van der Waals surface area contributed by atoms with Gasteiger partial charge in [-0.2, -0.15) is 15.1 Å². The van der Waals surface area contributed by atoms with Gasteiger partial charge >= 0.3 is 0 Å². The third-order valence-electron chi connectivity index (χ3n) is 6.84. The zero-order chi connectivity index (χ0) is 26.2. The quantitative estimate of drug-likeness (QED) is 0.221. The first kappa shape index (κ1) is 25.7. The predicted molar refractivity (Wildman–Crippen MR) is 148 cm³/mol. The lowest BCUT2D eigenvalue weighted by molar-refractivity contribution is 0.180. The van der Waals surface area contributed by atoms with Gasteiger partial charge in [0.1, 0.15) is 23.9 Å². The van der Waals surface area contributed by atoms with E-state index < -0.39 is 0 Å². The van der Waals surface area contributed by atoms with Crippen LogP contribution >= 0.6 is 0 Å². The fourth-order valence-corrected chi connectivity index (χ4v) is 4.41. The van der Waals surface area contributed by atoms with Crippen molar-refractivity contribution in [1.82, 2.24) is 30.2 Å². The number of H-pyrrole nitrogens is 1. The van der Waals surface area contributed by atoms with Crippen LogP contribution in [0.25, 0.3) is 11.3 Å². The molecule has 1 fully saturated rings. The minimum Gasteiger partial charge on any atom is -0.476 e. The van der Waals surface area contributed by atoms with Gasteiger partial charge in [0, 0.05) is 36.2 Å². The number of ether oxygens (including phenoxy) is 1. The Morgan fingerprint density at radius 3 is 2.74 bits per heavy atom. The van der Waals surface area contributed by atoms with Crippen molar-refractivity contribution in [1.29, 1.82) is 0 Å². The minimum absolute atomic E-state index is 0.376. The van der Waals surface area contributed by atoms with Gasteiger partial charge in [-0.15, -0.1) is 0 Å². The molecule has 10 heteroatoms. The van der Waals surface area contributed by atoms with Gasteiger partial charge in [0.15, 0.2) is 5.76 Å². The van der Waals surface area contributed by atoms with E-state index in [-0.39, 0.29) is 0 Å². The SMILES string of the molecule is CCC(C)c1cc(Nc2cc(OCCN3CCCCC3)nc(NCc3cc(-c4ccccc4)no3)n2)[nH]n1. The van der Waals surface area contributed by atoms with Crippen molar-refractivity contribution in [3.63, 3.8) is 0 Å². The van der Waals surface area contributed by atoms with E-state index in [4.69, 9.17) is 9.26 Å². The van der Waals surface area contributed by atoms with Crippen molar-refractivity contribution >= 4 is 17.6 Å². The summed E-state index contributed by atoms with van der Waals surface area (Å²) < 4.78 is 11.6. The summed E-state index contributed by atoms with van der Waals surface area (Å²) in [5.41, 5.74) is 2.81. The Kier molecular flexibility index (Phi) is 8.49. The molecule has 0 saturated carbocycles. The zero-order valence-electron chi connectivity index (χ0n) is 22.1. The lowest BCUT2D eigenvalue weighted by Crippen LogP contribution is -2.33. The molecule has 0 aliphatic carbocycles. The summed E-state index contributed by atoms with van der Waals surface area (Å²) >= 11 is 0. The van der Waals surface area contributed by atoms with Gasteiger partial charge in [0.25, 0.3) is 0 Å². The number of aromatic amines is 1. The number of hydrogen-bond donors (Lipinski definition) is 3. The number of nitrogens with one attached hydrogen (secondary N) is 3.